The molecule has 3 aromatic heterocycles. The van der Waals surface area contributed by atoms with Crippen LogP contribution in [-0.2, 0) is 19.8 Å². The van der Waals surface area contributed by atoms with Crippen LogP contribution < -0.4 is 5.69 Å². The highest BCUT2D eigenvalue weighted by molar-refractivity contribution is 5.73. The van der Waals surface area contributed by atoms with Crippen molar-refractivity contribution in [3.8, 4) is 22.8 Å². The van der Waals surface area contributed by atoms with Crippen LogP contribution in [0, 0.1) is 0 Å². The molecule has 0 radical (unpaired) electrons. The number of nitrogens with one attached hydrogen (secondary N) is 1. The number of H-pyrrole nitrogens is 1. The number of aromatic nitrogens is 7. The van der Waals surface area contributed by atoms with Crippen LogP contribution in [0.1, 0.15) is 36.7 Å². The summed E-state index contributed by atoms with van der Waals surface area (Å²) in [7, 11) is 1.20. The molecule has 5 rings (SSSR count). The molecule has 5 aromatic rings. The SMILES string of the molecule is CC(C)c1ccccc1-c1ncc2[nH]c(=O)n(Cc3ccc(-c4nc(C(F)(F)F)n(C)n4)cc3)c2n1. The van der Waals surface area contributed by atoms with E-state index in [4.69, 9.17) is 4.98 Å². The first-order valence-corrected chi connectivity index (χ1v) is 11.2. The van der Waals surface area contributed by atoms with Crippen molar-refractivity contribution >= 4 is 11.2 Å². The Bertz CT molecular complexity index is 1610. The lowest BCUT2D eigenvalue weighted by Crippen LogP contribution is -2.17. The third-order valence-electron chi connectivity index (χ3n) is 5.90. The Labute approximate surface area is 203 Å². The summed E-state index contributed by atoms with van der Waals surface area (Å²) in [5.74, 6) is -0.298. The second-order valence-corrected chi connectivity index (χ2v) is 8.77. The summed E-state index contributed by atoms with van der Waals surface area (Å²) in [4.78, 5) is 28.3. The summed E-state index contributed by atoms with van der Waals surface area (Å²) in [6.07, 6.45) is -2.99. The molecule has 2 aromatic carbocycles. The molecule has 11 heteroatoms. The van der Waals surface area contributed by atoms with E-state index in [1.165, 1.54) is 11.6 Å². The summed E-state index contributed by atoms with van der Waals surface area (Å²) in [6.45, 7) is 4.40. The van der Waals surface area contributed by atoms with Gasteiger partial charge in [0.05, 0.1) is 12.7 Å². The van der Waals surface area contributed by atoms with Crippen molar-refractivity contribution in [2.45, 2.75) is 32.5 Å². The largest absolute Gasteiger partial charge is 0.451 e. The molecule has 0 aliphatic heterocycles. The molecule has 0 fully saturated rings. The highest BCUT2D eigenvalue weighted by Crippen LogP contribution is 2.30. The van der Waals surface area contributed by atoms with Crippen LogP contribution in [-0.4, -0.2) is 34.3 Å². The van der Waals surface area contributed by atoms with Crippen molar-refractivity contribution in [2.75, 3.05) is 0 Å². The molecular formula is C25H22F3N7O. The Balaban J connectivity index is 1.47. The normalized spacial score (nSPS) is 12.1. The van der Waals surface area contributed by atoms with Crippen molar-refractivity contribution in [2.24, 2.45) is 7.05 Å². The zero-order valence-corrected chi connectivity index (χ0v) is 19.7. The van der Waals surface area contributed by atoms with Gasteiger partial charge < -0.3 is 4.98 Å². The average Bonchev–Trinajstić information content (AvgIpc) is 3.39. The predicted molar refractivity (Wildman–Crippen MR) is 128 cm³/mol. The van der Waals surface area contributed by atoms with Crippen LogP contribution in [0.4, 0.5) is 13.2 Å². The van der Waals surface area contributed by atoms with E-state index in [2.05, 4.69) is 33.9 Å². The Hall–Kier alpha value is -4.28. The number of aryl methyl sites for hydroxylation is 1. The molecule has 0 bridgehead atoms. The molecule has 1 N–H and O–H groups in total. The molecule has 0 saturated carbocycles. The number of aromatic amines is 1. The second kappa shape index (κ2) is 8.74. The fourth-order valence-electron chi connectivity index (χ4n) is 4.12. The Morgan fingerprint density at radius 2 is 1.72 bits per heavy atom. The molecule has 0 spiro atoms. The third kappa shape index (κ3) is 4.28. The van der Waals surface area contributed by atoms with Crippen LogP contribution in [0.25, 0.3) is 33.9 Å². The zero-order valence-electron chi connectivity index (χ0n) is 19.7. The van der Waals surface area contributed by atoms with Gasteiger partial charge in [0.25, 0.3) is 0 Å². The van der Waals surface area contributed by atoms with Gasteiger partial charge in [0, 0.05) is 18.2 Å². The van der Waals surface area contributed by atoms with E-state index < -0.39 is 12.0 Å². The number of imidazole rings is 1. The summed E-state index contributed by atoms with van der Waals surface area (Å²) in [6, 6.07) is 14.6. The lowest BCUT2D eigenvalue weighted by Gasteiger charge is -2.11. The van der Waals surface area contributed by atoms with Gasteiger partial charge in [-0.25, -0.2) is 24.4 Å². The molecule has 3 heterocycles. The van der Waals surface area contributed by atoms with E-state index in [9.17, 15) is 18.0 Å². The molecule has 184 valence electrons. The van der Waals surface area contributed by atoms with Gasteiger partial charge in [-0.1, -0.05) is 62.4 Å². The number of halogens is 3. The van der Waals surface area contributed by atoms with E-state index in [1.54, 1.807) is 30.5 Å². The quantitative estimate of drug-likeness (QED) is 0.381. The van der Waals surface area contributed by atoms with E-state index >= 15 is 0 Å². The minimum Gasteiger partial charge on any atom is -0.303 e. The van der Waals surface area contributed by atoms with Gasteiger partial charge in [0.2, 0.25) is 5.82 Å². The standard InChI is InChI=1S/C25H22F3N7O/c1-14(2)17-6-4-5-7-18(17)21-29-12-19-22(31-21)35(24(36)30-19)13-15-8-10-16(11-9-15)20-32-23(25(26,27)28)34(3)33-20/h4-12,14H,13H2,1-3H3,(H,30,36). The maximum Gasteiger partial charge on any atom is 0.451 e. The Morgan fingerprint density at radius 3 is 2.39 bits per heavy atom. The lowest BCUT2D eigenvalue weighted by molar-refractivity contribution is -0.147. The molecule has 0 unspecified atom stereocenters. The smallest absolute Gasteiger partial charge is 0.303 e. The minimum absolute atomic E-state index is 0.0261. The number of hydrogen-bond donors (Lipinski definition) is 1. The van der Waals surface area contributed by atoms with Gasteiger partial charge in [-0.05, 0) is 17.0 Å². The molecule has 0 atom stereocenters. The molecule has 0 saturated heterocycles. The second-order valence-electron chi connectivity index (χ2n) is 8.77. The molecule has 0 aliphatic carbocycles. The van der Waals surface area contributed by atoms with Crippen molar-refractivity contribution < 1.29 is 13.2 Å². The topological polar surface area (TPSA) is 94.3 Å². The minimum atomic E-state index is -4.59. The highest BCUT2D eigenvalue weighted by Gasteiger charge is 2.37. The van der Waals surface area contributed by atoms with Crippen LogP contribution in [0.2, 0.25) is 0 Å². The first-order valence-electron chi connectivity index (χ1n) is 11.2. The van der Waals surface area contributed by atoms with Gasteiger partial charge in [0.15, 0.2) is 17.3 Å². The third-order valence-corrected chi connectivity index (χ3v) is 5.90. The lowest BCUT2D eigenvalue weighted by atomic mass is 9.97. The van der Waals surface area contributed by atoms with Crippen molar-refractivity contribution in [3.63, 3.8) is 0 Å². The van der Waals surface area contributed by atoms with Crippen LogP contribution in [0.15, 0.2) is 59.5 Å². The Morgan fingerprint density at radius 1 is 1.00 bits per heavy atom. The van der Waals surface area contributed by atoms with Gasteiger partial charge >= 0.3 is 11.9 Å². The van der Waals surface area contributed by atoms with Crippen LogP contribution in [0.3, 0.4) is 0 Å². The summed E-state index contributed by atoms with van der Waals surface area (Å²) in [5, 5.41) is 3.87. The van der Waals surface area contributed by atoms with Crippen molar-refractivity contribution in [1.29, 1.82) is 0 Å². The Kier molecular flexibility index (Phi) is 5.70. The van der Waals surface area contributed by atoms with Crippen molar-refractivity contribution in [1.82, 2.24) is 34.3 Å². The van der Waals surface area contributed by atoms with Crippen molar-refractivity contribution in [3.05, 3.63) is 82.2 Å². The number of nitrogens with zero attached hydrogens (tertiary/aromatic N) is 6. The zero-order chi connectivity index (χ0) is 25.6. The first-order chi connectivity index (χ1) is 17.1. The number of hydrogen-bond acceptors (Lipinski definition) is 5. The van der Waals surface area contributed by atoms with E-state index in [0.717, 1.165) is 16.7 Å². The molecule has 8 nitrogen and oxygen atoms in total. The summed E-state index contributed by atoms with van der Waals surface area (Å²) >= 11 is 0. The fraction of sp³-hybridized carbons (Fsp3) is 0.240. The van der Waals surface area contributed by atoms with Crippen LogP contribution in [0.5, 0.6) is 0 Å². The monoisotopic (exact) mass is 493 g/mol. The molecule has 36 heavy (non-hydrogen) atoms. The number of fused-ring (bicyclic) bond motifs is 1. The van der Waals surface area contributed by atoms with Crippen LogP contribution >= 0.6 is 0 Å². The molecule has 0 aliphatic rings. The number of benzene rings is 2. The molecular weight excluding hydrogens is 471 g/mol. The van der Waals surface area contributed by atoms with E-state index in [-0.39, 0.29) is 24.0 Å². The maximum atomic E-state index is 13.0. The number of rotatable bonds is 5. The first kappa shape index (κ1) is 23.5. The number of alkyl halides is 3. The molecule has 0 amide bonds. The highest BCUT2D eigenvalue weighted by atomic mass is 19.4. The van der Waals surface area contributed by atoms with Gasteiger partial charge in [-0.2, -0.15) is 18.3 Å². The fourth-order valence-corrected chi connectivity index (χ4v) is 4.12. The predicted octanol–water partition coefficient (Wildman–Crippen LogP) is 4.77. The van der Waals surface area contributed by atoms with Gasteiger partial charge in [-0.3, -0.25) is 4.57 Å². The van der Waals surface area contributed by atoms with E-state index in [0.29, 0.717) is 27.2 Å². The summed E-state index contributed by atoms with van der Waals surface area (Å²) < 4.78 is 41.4. The van der Waals surface area contributed by atoms with E-state index in [1.807, 2.05) is 24.3 Å². The maximum absolute atomic E-state index is 13.0. The average molecular weight is 493 g/mol. The summed E-state index contributed by atoms with van der Waals surface area (Å²) in [5.41, 5.74) is 3.85. The van der Waals surface area contributed by atoms with Gasteiger partial charge in [0.1, 0.15) is 5.52 Å². The van der Waals surface area contributed by atoms with Gasteiger partial charge in [-0.15, -0.1) is 0 Å².